The summed E-state index contributed by atoms with van der Waals surface area (Å²) in [6, 6.07) is 6.02. The average Bonchev–Trinajstić information content (AvgIpc) is 2.93. The smallest absolute Gasteiger partial charge is 0.230 e. The van der Waals surface area contributed by atoms with Crippen molar-refractivity contribution in [3.63, 3.8) is 0 Å². The quantitative estimate of drug-likeness (QED) is 0.732. The highest BCUT2D eigenvalue weighted by atomic mass is 32.2. The number of amides is 1. The van der Waals surface area contributed by atoms with Gasteiger partial charge in [0.1, 0.15) is 5.75 Å². The van der Waals surface area contributed by atoms with Crippen LogP contribution in [0, 0.1) is 0 Å². The van der Waals surface area contributed by atoms with Crippen molar-refractivity contribution in [2.45, 2.75) is 44.8 Å². The van der Waals surface area contributed by atoms with Gasteiger partial charge in [0.05, 0.1) is 23.4 Å². The van der Waals surface area contributed by atoms with Gasteiger partial charge in [-0.05, 0) is 31.9 Å². The summed E-state index contributed by atoms with van der Waals surface area (Å²) in [6.45, 7) is 6.75. The molecule has 0 aliphatic rings. The molecule has 1 amide bonds. The molecule has 22 heavy (non-hydrogen) atoms. The molecular weight excluding hydrogens is 298 g/mol. The summed E-state index contributed by atoms with van der Waals surface area (Å²) in [7, 11) is 0. The molecule has 5 nitrogen and oxygen atoms in total. The number of nitrogens with one attached hydrogen (secondary N) is 2. The number of carbonyl (C=O) groups excluding carboxylic acids is 1. The number of aromatic nitrogens is 2. The van der Waals surface area contributed by atoms with Gasteiger partial charge in [0.25, 0.3) is 0 Å². The van der Waals surface area contributed by atoms with Crippen LogP contribution < -0.4 is 10.1 Å². The minimum Gasteiger partial charge on any atom is -0.494 e. The Morgan fingerprint density at radius 1 is 1.36 bits per heavy atom. The van der Waals surface area contributed by atoms with Gasteiger partial charge in [-0.15, -0.1) is 0 Å². The van der Waals surface area contributed by atoms with Crippen LogP contribution in [-0.4, -0.2) is 34.3 Å². The van der Waals surface area contributed by atoms with Gasteiger partial charge in [-0.3, -0.25) is 4.79 Å². The zero-order chi connectivity index (χ0) is 15.9. The summed E-state index contributed by atoms with van der Waals surface area (Å²) in [5.41, 5.74) is 1.81. The molecule has 0 unspecified atom stereocenters. The number of rotatable bonds is 8. The molecule has 0 saturated heterocycles. The third kappa shape index (κ3) is 4.40. The number of ether oxygens (including phenoxy) is 1. The Kier molecular flexibility index (Phi) is 6.12. The lowest BCUT2D eigenvalue weighted by atomic mass is 10.2. The lowest BCUT2D eigenvalue weighted by Gasteiger charge is -2.13. The number of hydrogen-bond donors (Lipinski definition) is 2. The fourth-order valence-corrected chi connectivity index (χ4v) is 2.88. The standard InChI is InChI=1S/C16H23N3O2S/c1-4-11(5-2)17-15(20)10-22-16-18-13-8-7-12(21-6-3)9-14(13)19-16/h7-9,11H,4-6,10H2,1-3H3,(H,17,20)(H,18,19). The Hall–Kier alpha value is -1.69. The molecule has 0 spiro atoms. The molecule has 0 bridgehead atoms. The predicted molar refractivity (Wildman–Crippen MR) is 90.5 cm³/mol. The maximum atomic E-state index is 11.9. The molecule has 6 heteroatoms. The summed E-state index contributed by atoms with van der Waals surface area (Å²) in [4.78, 5) is 19.6. The molecule has 0 aliphatic carbocycles. The van der Waals surface area contributed by atoms with Gasteiger partial charge in [-0.1, -0.05) is 25.6 Å². The summed E-state index contributed by atoms with van der Waals surface area (Å²) in [5, 5.41) is 3.78. The average molecular weight is 321 g/mol. The van der Waals surface area contributed by atoms with Crippen LogP contribution in [0.5, 0.6) is 5.75 Å². The van der Waals surface area contributed by atoms with E-state index in [9.17, 15) is 4.79 Å². The summed E-state index contributed by atoms with van der Waals surface area (Å²) < 4.78 is 5.47. The Morgan fingerprint density at radius 3 is 2.82 bits per heavy atom. The number of H-pyrrole nitrogens is 1. The van der Waals surface area contributed by atoms with Gasteiger partial charge in [0.15, 0.2) is 5.16 Å². The first-order valence-corrected chi connectivity index (χ1v) is 8.69. The Balaban J connectivity index is 1.95. The number of fused-ring (bicyclic) bond motifs is 1. The van der Waals surface area contributed by atoms with Crippen molar-refractivity contribution in [3.05, 3.63) is 18.2 Å². The summed E-state index contributed by atoms with van der Waals surface area (Å²) in [5.74, 6) is 1.24. The van der Waals surface area contributed by atoms with Crippen molar-refractivity contribution in [3.8, 4) is 5.75 Å². The third-order valence-corrected chi connectivity index (χ3v) is 4.31. The SMILES string of the molecule is CCOc1ccc2nc(SCC(=O)NC(CC)CC)[nH]c2c1. The molecule has 1 aromatic heterocycles. The molecule has 1 heterocycles. The van der Waals surface area contributed by atoms with E-state index in [-0.39, 0.29) is 11.9 Å². The first-order valence-electron chi connectivity index (χ1n) is 7.71. The maximum Gasteiger partial charge on any atom is 0.230 e. The fourth-order valence-electron chi connectivity index (χ4n) is 2.19. The first-order chi connectivity index (χ1) is 10.7. The van der Waals surface area contributed by atoms with E-state index >= 15 is 0 Å². The normalized spacial score (nSPS) is 11.1. The van der Waals surface area contributed by atoms with E-state index in [4.69, 9.17) is 4.74 Å². The van der Waals surface area contributed by atoms with Crippen LogP contribution in [0.15, 0.2) is 23.4 Å². The lowest BCUT2D eigenvalue weighted by Crippen LogP contribution is -2.35. The van der Waals surface area contributed by atoms with Crippen LogP contribution in [-0.2, 0) is 4.79 Å². The molecule has 0 saturated carbocycles. The van der Waals surface area contributed by atoms with Crippen molar-refractivity contribution in [1.29, 1.82) is 0 Å². The zero-order valence-electron chi connectivity index (χ0n) is 13.3. The molecule has 0 radical (unpaired) electrons. The van der Waals surface area contributed by atoms with Gasteiger partial charge >= 0.3 is 0 Å². The lowest BCUT2D eigenvalue weighted by molar-refractivity contribution is -0.119. The highest BCUT2D eigenvalue weighted by molar-refractivity contribution is 7.99. The van der Waals surface area contributed by atoms with Crippen molar-refractivity contribution >= 4 is 28.7 Å². The van der Waals surface area contributed by atoms with E-state index in [1.165, 1.54) is 11.8 Å². The fraction of sp³-hybridized carbons (Fsp3) is 0.500. The second kappa shape index (κ2) is 8.08. The number of imidazole rings is 1. The van der Waals surface area contributed by atoms with Gasteiger partial charge < -0.3 is 15.0 Å². The van der Waals surface area contributed by atoms with E-state index in [0.29, 0.717) is 12.4 Å². The van der Waals surface area contributed by atoms with Crippen molar-refractivity contribution < 1.29 is 9.53 Å². The van der Waals surface area contributed by atoms with E-state index < -0.39 is 0 Å². The Bertz CT molecular complexity index is 623. The zero-order valence-corrected chi connectivity index (χ0v) is 14.1. The van der Waals surface area contributed by atoms with Crippen LogP contribution in [0.25, 0.3) is 11.0 Å². The van der Waals surface area contributed by atoms with Crippen LogP contribution >= 0.6 is 11.8 Å². The van der Waals surface area contributed by atoms with Crippen LogP contribution in [0.4, 0.5) is 0 Å². The Labute approximate surface area is 135 Å². The van der Waals surface area contributed by atoms with E-state index in [1.54, 1.807) is 0 Å². The van der Waals surface area contributed by atoms with Gasteiger partial charge in [-0.2, -0.15) is 0 Å². The number of hydrogen-bond acceptors (Lipinski definition) is 4. The largest absolute Gasteiger partial charge is 0.494 e. The van der Waals surface area contributed by atoms with Crippen LogP contribution in [0.3, 0.4) is 0 Å². The van der Waals surface area contributed by atoms with Gasteiger partial charge in [0.2, 0.25) is 5.91 Å². The van der Waals surface area contributed by atoms with E-state index in [0.717, 1.165) is 34.8 Å². The molecule has 1 aromatic carbocycles. The number of benzene rings is 1. The molecule has 120 valence electrons. The van der Waals surface area contributed by atoms with Crippen molar-refractivity contribution in [2.24, 2.45) is 0 Å². The summed E-state index contributed by atoms with van der Waals surface area (Å²) in [6.07, 6.45) is 1.91. The van der Waals surface area contributed by atoms with Crippen molar-refractivity contribution in [1.82, 2.24) is 15.3 Å². The highest BCUT2D eigenvalue weighted by Crippen LogP contribution is 2.23. The number of aromatic amines is 1. The maximum absolute atomic E-state index is 11.9. The van der Waals surface area contributed by atoms with Crippen LogP contribution in [0.2, 0.25) is 0 Å². The monoisotopic (exact) mass is 321 g/mol. The second-order valence-electron chi connectivity index (χ2n) is 5.02. The van der Waals surface area contributed by atoms with Gasteiger partial charge in [-0.25, -0.2) is 4.98 Å². The van der Waals surface area contributed by atoms with Gasteiger partial charge in [0, 0.05) is 12.1 Å². The molecule has 2 aromatic rings. The third-order valence-electron chi connectivity index (χ3n) is 3.43. The molecular formula is C16H23N3O2S. The Morgan fingerprint density at radius 2 is 2.14 bits per heavy atom. The van der Waals surface area contributed by atoms with E-state index in [1.807, 2.05) is 25.1 Å². The molecule has 0 fully saturated rings. The number of carbonyl (C=O) groups is 1. The molecule has 0 atom stereocenters. The second-order valence-corrected chi connectivity index (χ2v) is 5.99. The first kappa shape index (κ1) is 16.7. The predicted octanol–water partition coefficient (Wildman–Crippen LogP) is 3.36. The minimum atomic E-state index is 0.0501. The van der Waals surface area contributed by atoms with Crippen LogP contribution in [0.1, 0.15) is 33.6 Å². The minimum absolute atomic E-state index is 0.0501. The molecule has 2 N–H and O–H groups in total. The molecule has 2 rings (SSSR count). The van der Waals surface area contributed by atoms with E-state index in [2.05, 4.69) is 29.1 Å². The topological polar surface area (TPSA) is 67.0 Å². The number of thioether (sulfide) groups is 1. The number of nitrogens with zero attached hydrogens (tertiary/aromatic N) is 1. The molecule has 0 aliphatic heterocycles. The highest BCUT2D eigenvalue weighted by Gasteiger charge is 2.10. The van der Waals surface area contributed by atoms with Crippen molar-refractivity contribution in [2.75, 3.05) is 12.4 Å². The summed E-state index contributed by atoms with van der Waals surface area (Å²) >= 11 is 1.42.